The maximum Gasteiger partial charge on any atom is 0.142 e. The van der Waals surface area contributed by atoms with Crippen LogP contribution in [0.2, 0.25) is 10.0 Å². The van der Waals surface area contributed by atoms with Crippen molar-refractivity contribution in [3.8, 4) is 11.4 Å². The summed E-state index contributed by atoms with van der Waals surface area (Å²) in [7, 11) is 1.92. The third-order valence-corrected chi connectivity index (χ3v) is 3.70. The quantitative estimate of drug-likeness (QED) is 0.685. The van der Waals surface area contributed by atoms with Crippen LogP contribution < -0.4 is 5.73 Å². The molecule has 1 heterocycles. The fraction of sp³-hybridized carbons (Fsp3) is 0.0714. The minimum Gasteiger partial charge on any atom is -0.399 e. The molecule has 1 aromatic heterocycles. The molecule has 0 radical (unpaired) electrons. The Bertz CT molecular complexity index is 778. The van der Waals surface area contributed by atoms with Crippen LogP contribution in [0.4, 0.5) is 5.69 Å². The molecular formula is C14H11Cl2N3. The predicted molar refractivity (Wildman–Crippen MR) is 80.6 cm³/mol. The van der Waals surface area contributed by atoms with Crippen molar-refractivity contribution in [2.45, 2.75) is 0 Å². The Morgan fingerprint density at radius 3 is 2.58 bits per heavy atom. The molecule has 3 rings (SSSR count). The first-order valence-electron chi connectivity index (χ1n) is 5.74. The van der Waals surface area contributed by atoms with E-state index in [2.05, 4.69) is 4.98 Å². The van der Waals surface area contributed by atoms with Crippen LogP contribution in [0.5, 0.6) is 0 Å². The molecule has 0 saturated heterocycles. The van der Waals surface area contributed by atoms with Crippen molar-refractivity contribution in [2.24, 2.45) is 7.05 Å². The highest BCUT2D eigenvalue weighted by Crippen LogP contribution is 2.32. The zero-order chi connectivity index (χ0) is 13.6. The minimum atomic E-state index is 0.578. The average Bonchev–Trinajstić information content (AvgIpc) is 2.68. The average molecular weight is 292 g/mol. The number of halogens is 2. The second kappa shape index (κ2) is 4.44. The number of aromatic nitrogens is 2. The SMILES string of the molecule is Cn1c(-c2ccc(N)cc2Cl)nc2cccc(Cl)c21. The molecule has 0 spiro atoms. The Hall–Kier alpha value is -1.71. The van der Waals surface area contributed by atoms with Crippen LogP contribution in [0, 0.1) is 0 Å². The smallest absolute Gasteiger partial charge is 0.142 e. The summed E-state index contributed by atoms with van der Waals surface area (Å²) in [6.07, 6.45) is 0. The summed E-state index contributed by atoms with van der Waals surface area (Å²) < 4.78 is 1.94. The molecule has 5 heteroatoms. The number of hydrogen-bond acceptors (Lipinski definition) is 2. The lowest BCUT2D eigenvalue weighted by Gasteiger charge is -2.06. The molecule has 96 valence electrons. The molecular weight excluding hydrogens is 281 g/mol. The van der Waals surface area contributed by atoms with E-state index in [4.69, 9.17) is 28.9 Å². The van der Waals surface area contributed by atoms with E-state index in [0.717, 1.165) is 22.4 Å². The molecule has 2 aromatic carbocycles. The van der Waals surface area contributed by atoms with Gasteiger partial charge in [0.1, 0.15) is 5.82 Å². The fourth-order valence-corrected chi connectivity index (χ4v) is 2.74. The van der Waals surface area contributed by atoms with Crippen molar-refractivity contribution in [1.29, 1.82) is 0 Å². The van der Waals surface area contributed by atoms with E-state index in [9.17, 15) is 0 Å². The van der Waals surface area contributed by atoms with E-state index in [1.165, 1.54) is 0 Å². The second-order valence-corrected chi connectivity index (χ2v) is 5.16. The third-order valence-electron chi connectivity index (χ3n) is 3.08. The zero-order valence-corrected chi connectivity index (χ0v) is 11.7. The van der Waals surface area contributed by atoms with Gasteiger partial charge in [-0.25, -0.2) is 4.98 Å². The molecule has 0 atom stereocenters. The van der Waals surface area contributed by atoms with Crippen molar-refractivity contribution in [1.82, 2.24) is 9.55 Å². The zero-order valence-electron chi connectivity index (χ0n) is 10.2. The molecule has 3 aromatic rings. The summed E-state index contributed by atoms with van der Waals surface area (Å²) in [6.45, 7) is 0. The van der Waals surface area contributed by atoms with Gasteiger partial charge in [-0.05, 0) is 30.3 Å². The molecule has 0 fully saturated rings. The lowest BCUT2D eigenvalue weighted by Crippen LogP contribution is -1.94. The first kappa shape index (κ1) is 12.3. The van der Waals surface area contributed by atoms with Crippen molar-refractivity contribution >= 4 is 39.9 Å². The Morgan fingerprint density at radius 1 is 1.11 bits per heavy atom. The summed E-state index contributed by atoms with van der Waals surface area (Å²) >= 11 is 12.5. The third kappa shape index (κ3) is 1.95. The van der Waals surface area contributed by atoms with E-state index in [-0.39, 0.29) is 0 Å². The highest BCUT2D eigenvalue weighted by molar-refractivity contribution is 6.35. The lowest BCUT2D eigenvalue weighted by atomic mass is 10.2. The number of imidazole rings is 1. The fourth-order valence-electron chi connectivity index (χ4n) is 2.17. The van der Waals surface area contributed by atoms with Gasteiger partial charge in [0.05, 0.1) is 21.1 Å². The van der Waals surface area contributed by atoms with E-state index >= 15 is 0 Å². The summed E-state index contributed by atoms with van der Waals surface area (Å²) in [5, 5.41) is 1.25. The molecule has 0 aliphatic rings. The molecule has 19 heavy (non-hydrogen) atoms. The molecule has 0 aliphatic heterocycles. The van der Waals surface area contributed by atoms with Crippen molar-refractivity contribution in [2.75, 3.05) is 5.73 Å². The second-order valence-electron chi connectivity index (χ2n) is 4.34. The highest BCUT2D eigenvalue weighted by atomic mass is 35.5. The van der Waals surface area contributed by atoms with Crippen LogP contribution in [0.3, 0.4) is 0 Å². The number of nitrogen functional groups attached to an aromatic ring is 1. The maximum absolute atomic E-state index is 6.24. The van der Waals surface area contributed by atoms with Gasteiger partial charge in [-0.3, -0.25) is 0 Å². The van der Waals surface area contributed by atoms with Crippen LogP contribution >= 0.6 is 23.2 Å². The van der Waals surface area contributed by atoms with Gasteiger partial charge in [-0.2, -0.15) is 0 Å². The van der Waals surface area contributed by atoms with Crippen LogP contribution in [0.25, 0.3) is 22.4 Å². The maximum atomic E-state index is 6.24. The van der Waals surface area contributed by atoms with Gasteiger partial charge in [0.25, 0.3) is 0 Å². The molecule has 0 amide bonds. The monoisotopic (exact) mass is 291 g/mol. The van der Waals surface area contributed by atoms with Gasteiger partial charge in [0.15, 0.2) is 0 Å². The van der Waals surface area contributed by atoms with Crippen LogP contribution in [-0.4, -0.2) is 9.55 Å². The van der Waals surface area contributed by atoms with E-state index in [1.54, 1.807) is 6.07 Å². The van der Waals surface area contributed by atoms with E-state index in [1.807, 2.05) is 41.9 Å². The number of para-hydroxylation sites is 1. The Balaban J connectivity index is 2.31. The first-order chi connectivity index (χ1) is 9.08. The van der Waals surface area contributed by atoms with Gasteiger partial charge in [0.2, 0.25) is 0 Å². The first-order valence-corrected chi connectivity index (χ1v) is 6.50. The molecule has 0 bridgehead atoms. The summed E-state index contributed by atoms with van der Waals surface area (Å²) in [5.74, 6) is 0.771. The van der Waals surface area contributed by atoms with Crippen molar-refractivity contribution in [3.05, 3.63) is 46.4 Å². The predicted octanol–water partition coefficient (Wildman–Crippen LogP) is 4.13. The standard InChI is InChI=1S/C14H11Cl2N3/c1-19-13-10(15)3-2-4-12(13)18-14(19)9-6-5-8(17)7-11(9)16/h2-7H,17H2,1H3. The summed E-state index contributed by atoms with van der Waals surface area (Å²) in [6, 6.07) is 11.1. The molecule has 3 nitrogen and oxygen atoms in total. The Labute approximate surface area is 120 Å². The minimum absolute atomic E-state index is 0.578. The number of hydrogen-bond donors (Lipinski definition) is 1. The normalized spacial score (nSPS) is 11.1. The number of aryl methyl sites for hydroxylation is 1. The van der Waals surface area contributed by atoms with E-state index in [0.29, 0.717) is 15.7 Å². The lowest BCUT2D eigenvalue weighted by molar-refractivity contribution is 0.959. The van der Waals surface area contributed by atoms with Gasteiger partial charge in [0, 0.05) is 18.3 Å². The van der Waals surface area contributed by atoms with Crippen LogP contribution in [-0.2, 0) is 7.05 Å². The van der Waals surface area contributed by atoms with Crippen LogP contribution in [0.1, 0.15) is 0 Å². The molecule has 2 N–H and O–H groups in total. The number of fused-ring (bicyclic) bond motifs is 1. The number of benzene rings is 2. The highest BCUT2D eigenvalue weighted by Gasteiger charge is 2.14. The summed E-state index contributed by atoms with van der Waals surface area (Å²) in [5.41, 5.74) is 8.92. The largest absolute Gasteiger partial charge is 0.399 e. The van der Waals surface area contributed by atoms with E-state index < -0.39 is 0 Å². The topological polar surface area (TPSA) is 43.8 Å². The van der Waals surface area contributed by atoms with Crippen molar-refractivity contribution in [3.63, 3.8) is 0 Å². The molecule has 0 unspecified atom stereocenters. The molecule has 0 aliphatic carbocycles. The van der Waals surface area contributed by atoms with Gasteiger partial charge in [-0.15, -0.1) is 0 Å². The van der Waals surface area contributed by atoms with Gasteiger partial charge < -0.3 is 10.3 Å². The van der Waals surface area contributed by atoms with Crippen molar-refractivity contribution < 1.29 is 0 Å². The van der Waals surface area contributed by atoms with Crippen LogP contribution in [0.15, 0.2) is 36.4 Å². The number of anilines is 1. The Morgan fingerprint density at radius 2 is 1.89 bits per heavy atom. The Kier molecular flexibility index (Phi) is 2.88. The number of nitrogens with two attached hydrogens (primary N) is 1. The molecule has 0 saturated carbocycles. The number of nitrogens with zero attached hydrogens (tertiary/aromatic N) is 2. The number of rotatable bonds is 1. The summed E-state index contributed by atoms with van der Waals surface area (Å²) in [4.78, 5) is 4.59. The van der Waals surface area contributed by atoms with Gasteiger partial charge in [-0.1, -0.05) is 29.3 Å². The van der Waals surface area contributed by atoms with Gasteiger partial charge >= 0.3 is 0 Å².